The van der Waals surface area contributed by atoms with Crippen molar-refractivity contribution in [3.05, 3.63) is 35.7 Å². The average Bonchev–Trinajstić information content (AvgIpc) is 2.96. The van der Waals surface area contributed by atoms with Gasteiger partial charge in [0.2, 0.25) is 5.91 Å². The lowest BCUT2D eigenvalue weighted by Gasteiger charge is -2.18. The van der Waals surface area contributed by atoms with Crippen molar-refractivity contribution in [3.8, 4) is 0 Å². The van der Waals surface area contributed by atoms with Crippen LogP contribution in [0.5, 0.6) is 0 Å². The molecule has 0 radical (unpaired) electrons. The molecule has 82 valence electrons. The first-order valence-corrected chi connectivity index (χ1v) is 6.65. The SMILES string of the molecule is O=C1CS[C@@H](c2ccco2)N1c1nccs1. The molecule has 0 N–H and O–H groups in total. The van der Waals surface area contributed by atoms with Crippen LogP contribution in [0.2, 0.25) is 0 Å². The largest absolute Gasteiger partial charge is 0.466 e. The zero-order chi connectivity index (χ0) is 11.0. The first kappa shape index (κ1) is 9.92. The molecule has 0 bridgehead atoms. The second kappa shape index (κ2) is 3.95. The fourth-order valence-corrected chi connectivity index (χ4v) is 3.47. The Morgan fingerprint density at radius 1 is 1.56 bits per heavy atom. The summed E-state index contributed by atoms with van der Waals surface area (Å²) in [5.41, 5.74) is 0. The third-order valence-corrected chi connectivity index (χ3v) is 4.22. The molecule has 0 spiro atoms. The Balaban J connectivity index is 1.97. The van der Waals surface area contributed by atoms with Crippen molar-refractivity contribution in [2.75, 3.05) is 10.7 Å². The fourth-order valence-electron chi connectivity index (χ4n) is 1.61. The predicted molar refractivity (Wildman–Crippen MR) is 63.5 cm³/mol. The molecular formula is C10H8N2O2S2. The summed E-state index contributed by atoms with van der Waals surface area (Å²) < 4.78 is 5.36. The van der Waals surface area contributed by atoms with E-state index in [-0.39, 0.29) is 11.3 Å². The van der Waals surface area contributed by atoms with Crippen molar-refractivity contribution in [2.45, 2.75) is 5.37 Å². The van der Waals surface area contributed by atoms with E-state index < -0.39 is 0 Å². The topological polar surface area (TPSA) is 46.3 Å². The third-order valence-electron chi connectivity index (χ3n) is 2.28. The summed E-state index contributed by atoms with van der Waals surface area (Å²) in [6.45, 7) is 0. The van der Waals surface area contributed by atoms with E-state index in [0.29, 0.717) is 5.75 Å². The van der Waals surface area contributed by atoms with E-state index in [1.165, 1.54) is 11.3 Å². The van der Waals surface area contributed by atoms with Crippen LogP contribution < -0.4 is 4.90 Å². The molecule has 16 heavy (non-hydrogen) atoms. The molecule has 1 amide bonds. The summed E-state index contributed by atoms with van der Waals surface area (Å²) in [6, 6.07) is 3.72. The van der Waals surface area contributed by atoms with Crippen LogP contribution in [0.15, 0.2) is 34.4 Å². The molecule has 6 heteroatoms. The molecule has 1 aliphatic heterocycles. The van der Waals surface area contributed by atoms with E-state index in [2.05, 4.69) is 4.98 Å². The normalized spacial score (nSPS) is 20.6. The van der Waals surface area contributed by atoms with Crippen molar-refractivity contribution >= 4 is 34.1 Å². The number of nitrogens with zero attached hydrogens (tertiary/aromatic N) is 2. The van der Waals surface area contributed by atoms with E-state index in [4.69, 9.17) is 4.42 Å². The molecule has 1 saturated heterocycles. The lowest BCUT2D eigenvalue weighted by atomic mass is 10.4. The molecule has 0 aliphatic carbocycles. The summed E-state index contributed by atoms with van der Waals surface area (Å²) in [6.07, 6.45) is 3.33. The van der Waals surface area contributed by atoms with Crippen LogP contribution in [0.1, 0.15) is 11.1 Å². The number of rotatable bonds is 2. The van der Waals surface area contributed by atoms with Crippen molar-refractivity contribution in [1.82, 2.24) is 4.98 Å². The highest BCUT2D eigenvalue weighted by atomic mass is 32.2. The maximum absolute atomic E-state index is 11.8. The number of carbonyl (C=O) groups excluding carboxylic acids is 1. The molecular weight excluding hydrogens is 244 g/mol. The quantitative estimate of drug-likeness (QED) is 0.824. The van der Waals surface area contributed by atoms with Gasteiger partial charge in [-0.3, -0.25) is 9.69 Å². The molecule has 1 atom stereocenters. The number of hydrogen-bond donors (Lipinski definition) is 0. The minimum absolute atomic E-state index is 0.0753. The number of anilines is 1. The number of thiazole rings is 1. The van der Waals surface area contributed by atoms with Gasteiger partial charge in [0.05, 0.1) is 12.0 Å². The van der Waals surface area contributed by atoms with Crippen LogP contribution in [0, 0.1) is 0 Å². The standard InChI is InChI=1S/C10H8N2O2S2/c13-8-6-16-9(7-2-1-4-14-7)12(8)10-11-3-5-15-10/h1-5,9H,6H2/t9-/m0/s1. The van der Waals surface area contributed by atoms with Gasteiger partial charge in [0.15, 0.2) is 5.13 Å². The van der Waals surface area contributed by atoms with Crippen molar-refractivity contribution < 1.29 is 9.21 Å². The van der Waals surface area contributed by atoms with Crippen LogP contribution in [0.25, 0.3) is 0 Å². The molecule has 3 rings (SSSR count). The lowest BCUT2D eigenvalue weighted by Crippen LogP contribution is -2.27. The van der Waals surface area contributed by atoms with Gasteiger partial charge in [-0.1, -0.05) is 0 Å². The first-order chi connectivity index (χ1) is 7.86. The Bertz CT molecular complexity index is 481. The maximum atomic E-state index is 11.8. The molecule has 2 aromatic heterocycles. The second-order valence-electron chi connectivity index (χ2n) is 3.26. The van der Waals surface area contributed by atoms with Gasteiger partial charge in [-0.25, -0.2) is 4.98 Å². The molecule has 4 nitrogen and oxygen atoms in total. The summed E-state index contributed by atoms with van der Waals surface area (Å²) in [5.74, 6) is 1.36. The highest BCUT2D eigenvalue weighted by Gasteiger charge is 2.36. The van der Waals surface area contributed by atoms with Crippen LogP contribution in [-0.4, -0.2) is 16.6 Å². The lowest BCUT2D eigenvalue weighted by molar-refractivity contribution is -0.115. The van der Waals surface area contributed by atoms with E-state index >= 15 is 0 Å². The Kier molecular flexibility index (Phi) is 2.45. The van der Waals surface area contributed by atoms with Gasteiger partial charge >= 0.3 is 0 Å². The molecule has 0 aromatic carbocycles. The number of furan rings is 1. The van der Waals surface area contributed by atoms with Gasteiger partial charge in [-0.05, 0) is 12.1 Å². The van der Waals surface area contributed by atoms with Crippen LogP contribution >= 0.6 is 23.1 Å². The van der Waals surface area contributed by atoms with Crippen LogP contribution in [-0.2, 0) is 4.79 Å². The second-order valence-corrected chi connectivity index (χ2v) is 5.20. The number of amides is 1. The van der Waals surface area contributed by atoms with Gasteiger partial charge in [0.25, 0.3) is 0 Å². The average molecular weight is 252 g/mol. The highest BCUT2D eigenvalue weighted by Crippen LogP contribution is 2.42. The molecule has 3 heterocycles. The Morgan fingerprint density at radius 2 is 2.50 bits per heavy atom. The molecule has 0 unspecified atom stereocenters. The molecule has 2 aromatic rings. The van der Waals surface area contributed by atoms with E-state index in [9.17, 15) is 4.79 Å². The van der Waals surface area contributed by atoms with Crippen molar-refractivity contribution in [1.29, 1.82) is 0 Å². The van der Waals surface area contributed by atoms with Crippen LogP contribution in [0.3, 0.4) is 0 Å². The Morgan fingerprint density at radius 3 is 3.19 bits per heavy atom. The summed E-state index contributed by atoms with van der Waals surface area (Å²) in [4.78, 5) is 17.7. The Labute approximate surface area is 100 Å². The van der Waals surface area contributed by atoms with E-state index in [1.807, 2.05) is 17.5 Å². The van der Waals surface area contributed by atoms with Gasteiger partial charge in [0, 0.05) is 11.6 Å². The molecule has 0 saturated carbocycles. The third kappa shape index (κ3) is 1.54. The highest BCUT2D eigenvalue weighted by molar-refractivity contribution is 8.00. The summed E-state index contributed by atoms with van der Waals surface area (Å²) in [5, 5.41) is 2.52. The molecule has 1 aliphatic rings. The van der Waals surface area contributed by atoms with E-state index in [0.717, 1.165) is 10.9 Å². The fraction of sp³-hybridized carbons (Fsp3) is 0.200. The number of hydrogen-bond acceptors (Lipinski definition) is 5. The first-order valence-electron chi connectivity index (χ1n) is 4.73. The zero-order valence-corrected chi connectivity index (χ0v) is 9.83. The maximum Gasteiger partial charge on any atom is 0.240 e. The predicted octanol–water partition coefficient (Wildman–Crippen LogP) is 2.51. The smallest absolute Gasteiger partial charge is 0.240 e. The Hall–Kier alpha value is -1.27. The monoisotopic (exact) mass is 252 g/mol. The minimum Gasteiger partial charge on any atom is -0.466 e. The molecule has 1 fully saturated rings. The number of aromatic nitrogens is 1. The van der Waals surface area contributed by atoms with E-state index in [1.54, 1.807) is 29.1 Å². The van der Waals surface area contributed by atoms with Gasteiger partial charge in [0.1, 0.15) is 11.1 Å². The van der Waals surface area contributed by atoms with Gasteiger partial charge < -0.3 is 4.42 Å². The van der Waals surface area contributed by atoms with Gasteiger partial charge in [-0.2, -0.15) is 0 Å². The van der Waals surface area contributed by atoms with Gasteiger partial charge in [-0.15, -0.1) is 23.1 Å². The summed E-state index contributed by atoms with van der Waals surface area (Å²) in [7, 11) is 0. The zero-order valence-electron chi connectivity index (χ0n) is 8.20. The number of carbonyl (C=O) groups is 1. The minimum atomic E-state index is -0.0753. The van der Waals surface area contributed by atoms with Crippen molar-refractivity contribution in [2.24, 2.45) is 0 Å². The van der Waals surface area contributed by atoms with Crippen molar-refractivity contribution in [3.63, 3.8) is 0 Å². The number of thioether (sulfide) groups is 1. The van der Waals surface area contributed by atoms with Crippen LogP contribution in [0.4, 0.5) is 5.13 Å². The summed E-state index contributed by atoms with van der Waals surface area (Å²) >= 11 is 3.03.